The van der Waals surface area contributed by atoms with Crippen molar-refractivity contribution in [3.05, 3.63) is 56.7 Å². The summed E-state index contributed by atoms with van der Waals surface area (Å²) in [5, 5.41) is 24.7. The highest BCUT2D eigenvalue weighted by Gasteiger charge is 2.21. The molecule has 2 aromatic heterocycles. The molecule has 3 rings (SSSR count). The normalized spacial score (nSPS) is 12.0. The highest BCUT2D eigenvalue weighted by molar-refractivity contribution is 5.74. The van der Waals surface area contributed by atoms with E-state index in [9.17, 15) is 14.7 Å². The third-order valence-corrected chi connectivity index (χ3v) is 5.05. The van der Waals surface area contributed by atoms with Gasteiger partial charge in [-0.3, -0.25) is 13.9 Å². The van der Waals surface area contributed by atoms with Gasteiger partial charge in [-0.05, 0) is 5.56 Å². The third kappa shape index (κ3) is 5.53. The standard InChI is InChI=1S/C20H28N6O4.ClH/c1-24-17-16(18(29)25(2)20(24)30)26(19(23-17)22-10-11-27)13-15(28)12-21-9-8-14-6-4-3-5-7-14;/h3-7,15,21,27-28H,8-13H2,1-2H3,(H,22,23);1H. The van der Waals surface area contributed by atoms with Crippen LogP contribution >= 0.6 is 0 Å². The smallest absolute Gasteiger partial charge is 0.332 e. The van der Waals surface area contributed by atoms with Crippen LogP contribution in [0.5, 0.6) is 0 Å². The summed E-state index contributed by atoms with van der Waals surface area (Å²) >= 11 is 0. The van der Waals surface area contributed by atoms with Crippen LogP contribution in [0.15, 0.2) is 39.9 Å². The third-order valence-electron chi connectivity index (χ3n) is 5.05. The van der Waals surface area contributed by atoms with Crippen LogP contribution in [0, 0.1) is 0 Å². The van der Waals surface area contributed by atoms with Gasteiger partial charge in [0.25, 0.3) is 5.56 Å². The second-order valence-electron chi connectivity index (χ2n) is 7.28. The van der Waals surface area contributed by atoms with E-state index >= 15 is 0 Å². The summed E-state index contributed by atoms with van der Waals surface area (Å²) in [6, 6.07) is 10.1. The van der Waals surface area contributed by atoms with Gasteiger partial charge in [-0.1, -0.05) is 30.3 Å². The van der Waals surface area contributed by atoms with Crippen molar-refractivity contribution in [3.8, 4) is 0 Å². The number of quaternary nitrogens is 1. The summed E-state index contributed by atoms with van der Waals surface area (Å²) in [4.78, 5) is 29.3. The summed E-state index contributed by atoms with van der Waals surface area (Å²) in [5.74, 6) is 0.334. The highest BCUT2D eigenvalue weighted by atomic mass is 35.5. The summed E-state index contributed by atoms with van der Waals surface area (Å²) in [7, 11) is 2.96. The number of hydrogen-bond acceptors (Lipinski definition) is 6. The molecule has 0 aliphatic carbocycles. The fourth-order valence-electron chi connectivity index (χ4n) is 3.44. The molecule has 1 unspecified atom stereocenters. The number of aromatic nitrogens is 4. The Labute approximate surface area is 185 Å². The monoisotopic (exact) mass is 452 g/mol. The Hall–Kier alpha value is -2.66. The highest BCUT2D eigenvalue weighted by Crippen LogP contribution is 2.16. The first kappa shape index (κ1) is 24.6. The maximum Gasteiger partial charge on any atom is 0.332 e. The van der Waals surface area contributed by atoms with E-state index in [1.54, 1.807) is 11.6 Å². The van der Waals surface area contributed by atoms with Gasteiger partial charge in [0.1, 0.15) is 12.6 Å². The zero-order valence-corrected chi connectivity index (χ0v) is 18.4. The molecule has 0 bridgehead atoms. The van der Waals surface area contributed by atoms with E-state index in [1.165, 1.54) is 17.2 Å². The van der Waals surface area contributed by atoms with Crippen molar-refractivity contribution in [1.82, 2.24) is 18.7 Å². The minimum absolute atomic E-state index is 0. The Kier molecular flexibility index (Phi) is 8.81. The number of halogens is 1. The molecule has 1 atom stereocenters. The van der Waals surface area contributed by atoms with Crippen LogP contribution in [0.3, 0.4) is 0 Å². The van der Waals surface area contributed by atoms with Gasteiger partial charge in [-0.2, -0.15) is 4.98 Å². The molecule has 1 aromatic carbocycles. The number of benzene rings is 1. The minimum atomic E-state index is -0.727. The van der Waals surface area contributed by atoms with E-state index in [2.05, 4.69) is 22.4 Å². The summed E-state index contributed by atoms with van der Waals surface area (Å²) in [5.41, 5.74) is 0.773. The van der Waals surface area contributed by atoms with Crippen molar-refractivity contribution < 1.29 is 27.9 Å². The largest absolute Gasteiger partial charge is 1.00 e. The molecule has 0 saturated carbocycles. The zero-order chi connectivity index (χ0) is 21.7. The molecule has 0 saturated heterocycles. The Bertz CT molecular complexity index is 1110. The minimum Gasteiger partial charge on any atom is -1.00 e. The molecule has 3 aromatic rings. The molecule has 2 heterocycles. The molecule has 0 radical (unpaired) electrons. The van der Waals surface area contributed by atoms with Gasteiger partial charge in [0.05, 0.1) is 19.7 Å². The van der Waals surface area contributed by atoms with Crippen molar-refractivity contribution in [2.75, 3.05) is 31.6 Å². The van der Waals surface area contributed by atoms with Crippen molar-refractivity contribution in [3.63, 3.8) is 0 Å². The maximum atomic E-state index is 12.7. The van der Waals surface area contributed by atoms with Crippen LogP contribution in [0.2, 0.25) is 0 Å². The van der Waals surface area contributed by atoms with E-state index in [-0.39, 0.29) is 43.3 Å². The van der Waals surface area contributed by atoms with Gasteiger partial charge in [-0.25, -0.2) is 4.79 Å². The van der Waals surface area contributed by atoms with Crippen LogP contribution in [0.4, 0.5) is 5.95 Å². The average molecular weight is 453 g/mol. The topological polar surface area (TPSA) is 131 Å². The molecule has 0 spiro atoms. The number of aliphatic hydroxyl groups excluding tert-OH is 2. The number of nitrogens with zero attached hydrogens (tertiary/aromatic N) is 4. The number of anilines is 1. The van der Waals surface area contributed by atoms with Gasteiger partial charge < -0.3 is 37.8 Å². The van der Waals surface area contributed by atoms with Crippen LogP contribution in [0.25, 0.3) is 11.2 Å². The second-order valence-corrected chi connectivity index (χ2v) is 7.28. The number of aliphatic hydroxyl groups is 2. The molecule has 5 N–H and O–H groups in total. The van der Waals surface area contributed by atoms with E-state index < -0.39 is 17.4 Å². The van der Waals surface area contributed by atoms with Crippen molar-refractivity contribution in [2.45, 2.75) is 19.1 Å². The van der Waals surface area contributed by atoms with Crippen LogP contribution < -0.4 is 34.3 Å². The Morgan fingerprint density at radius 3 is 2.55 bits per heavy atom. The number of aryl methyl sites for hydroxylation is 1. The Morgan fingerprint density at radius 1 is 1.16 bits per heavy atom. The molecule has 11 heteroatoms. The summed E-state index contributed by atoms with van der Waals surface area (Å²) in [6.45, 7) is 1.54. The summed E-state index contributed by atoms with van der Waals surface area (Å²) in [6.07, 6.45) is 0.169. The lowest BCUT2D eigenvalue weighted by molar-refractivity contribution is -0.660. The SMILES string of the molecule is Cn1c(=O)c2c(nc(NCCO)n2CC(O)C[NH2+]CCc2ccccc2)n(C)c1=O.[Cl-]. The predicted octanol–water partition coefficient (Wildman–Crippen LogP) is -4.99. The van der Waals surface area contributed by atoms with Gasteiger partial charge in [-0.15, -0.1) is 0 Å². The number of hydrogen-bond donors (Lipinski definition) is 4. The maximum absolute atomic E-state index is 12.7. The lowest BCUT2D eigenvalue weighted by atomic mass is 10.1. The van der Waals surface area contributed by atoms with Gasteiger partial charge in [0.15, 0.2) is 11.2 Å². The van der Waals surface area contributed by atoms with E-state index in [0.29, 0.717) is 12.5 Å². The molecule has 31 heavy (non-hydrogen) atoms. The number of rotatable bonds is 10. The fourth-order valence-corrected chi connectivity index (χ4v) is 3.44. The van der Waals surface area contributed by atoms with Gasteiger partial charge in [0, 0.05) is 27.1 Å². The molecule has 170 valence electrons. The van der Waals surface area contributed by atoms with E-state index in [1.807, 2.05) is 23.5 Å². The van der Waals surface area contributed by atoms with Crippen LogP contribution in [0.1, 0.15) is 5.56 Å². The first-order chi connectivity index (χ1) is 14.4. The van der Waals surface area contributed by atoms with E-state index in [4.69, 9.17) is 5.11 Å². The molecule has 0 fully saturated rings. The molecule has 10 nitrogen and oxygen atoms in total. The molecule has 0 amide bonds. The summed E-state index contributed by atoms with van der Waals surface area (Å²) < 4.78 is 3.91. The van der Waals surface area contributed by atoms with Crippen molar-refractivity contribution in [2.24, 2.45) is 14.1 Å². The second kappa shape index (κ2) is 11.1. The number of nitrogens with two attached hydrogens (primary N) is 1. The van der Waals surface area contributed by atoms with Crippen molar-refractivity contribution in [1.29, 1.82) is 0 Å². The van der Waals surface area contributed by atoms with Gasteiger partial charge >= 0.3 is 5.69 Å². The quantitative estimate of drug-likeness (QED) is 0.228. The number of imidazole rings is 1. The lowest BCUT2D eigenvalue weighted by Crippen LogP contribution is -3.00. The Morgan fingerprint density at radius 2 is 1.87 bits per heavy atom. The predicted molar refractivity (Wildman–Crippen MR) is 114 cm³/mol. The Balaban J connectivity index is 0.00000341. The lowest BCUT2D eigenvalue weighted by Gasteiger charge is -2.14. The van der Waals surface area contributed by atoms with Crippen LogP contribution in [-0.2, 0) is 27.1 Å². The van der Waals surface area contributed by atoms with Crippen molar-refractivity contribution >= 4 is 17.1 Å². The number of fused-ring (bicyclic) bond motifs is 1. The molecular weight excluding hydrogens is 424 g/mol. The number of nitrogens with one attached hydrogen (secondary N) is 1. The molecular formula is C20H29ClN6O4. The van der Waals surface area contributed by atoms with Gasteiger partial charge in [0.2, 0.25) is 5.95 Å². The first-order valence-corrected chi connectivity index (χ1v) is 9.98. The van der Waals surface area contributed by atoms with E-state index in [0.717, 1.165) is 17.5 Å². The molecule has 0 aliphatic rings. The fraction of sp³-hybridized carbons (Fsp3) is 0.450. The van der Waals surface area contributed by atoms with Crippen LogP contribution in [-0.4, -0.2) is 61.2 Å². The molecule has 0 aliphatic heterocycles. The first-order valence-electron chi connectivity index (χ1n) is 9.98. The average Bonchev–Trinajstić information content (AvgIpc) is 3.11. The zero-order valence-electron chi connectivity index (χ0n) is 17.7.